The van der Waals surface area contributed by atoms with E-state index in [9.17, 15) is 4.79 Å². The highest BCUT2D eigenvalue weighted by Crippen LogP contribution is 2.19. The third-order valence-electron chi connectivity index (χ3n) is 3.59. The fraction of sp³-hybridized carbons (Fsp3) is 0.632. The third-order valence-corrected chi connectivity index (χ3v) is 3.59. The van der Waals surface area contributed by atoms with Gasteiger partial charge in [-0.15, -0.1) is 0 Å². The fourth-order valence-corrected chi connectivity index (χ4v) is 2.37. The van der Waals surface area contributed by atoms with E-state index in [1.165, 1.54) is 16.7 Å². The van der Waals surface area contributed by atoms with Gasteiger partial charge in [-0.1, -0.05) is 23.8 Å². The summed E-state index contributed by atoms with van der Waals surface area (Å²) in [6.07, 6.45) is -0.385. The zero-order valence-corrected chi connectivity index (χ0v) is 15.8. The van der Waals surface area contributed by atoms with Crippen molar-refractivity contribution in [2.24, 2.45) is 0 Å². The molecular formula is C19H32N2O2. The Bertz CT molecular complexity index is 545. The van der Waals surface area contributed by atoms with Crippen LogP contribution in [0.1, 0.15) is 64.3 Å². The Morgan fingerprint density at radius 3 is 2.35 bits per heavy atom. The van der Waals surface area contributed by atoms with Crippen molar-refractivity contribution < 1.29 is 9.53 Å². The molecule has 130 valence electrons. The fourth-order valence-electron chi connectivity index (χ4n) is 2.37. The van der Waals surface area contributed by atoms with Crippen LogP contribution in [0, 0.1) is 13.8 Å². The summed E-state index contributed by atoms with van der Waals surface area (Å²) in [5.74, 6) is 0. The van der Waals surface area contributed by atoms with Crippen LogP contribution in [0.5, 0.6) is 0 Å². The lowest BCUT2D eigenvalue weighted by atomic mass is 9.98. The van der Waals surface area contributed by atoms with Gasteiger partial charge in [0.2, 0.25) is 0 Å². The minimum atomic E-state index is -0.487. The highest BCUT2D eigenvalue weighted by Gasteiger charge is 2.25. The number of carbonyl (C=O) groups is 1. The molecule has 1 aromatic carbocycles. The van der Waals surface area contributed by atoms with Crippen molar-refractivity contribution in [1.29, 1.82) is 0 Å². The van der Waals surface area contributed by atoms with Crippen molar-refractivity contribution in [3.05, 3.63) is 34.9 Å². The van der Waals surface area contributed by atoms with Gasteiger partial charge in [-0.25, -0.2) is 4.79 Å². The molecule has 0 spiro atoms. The van der Waals surface area contributed by atoms with Crippen LogP contribution in [0.15, 0.2) is 18.2 Å². The molecule has 0 bridgehead atoms. The first kappa shape index (κ1) is 19.5. The number of benzene rings is 1. The van der Waals surface area contributed by atoms with Gasteiger partial charge in [-0.2, -0.15) is 0 Å². The van der Waals surface area contributed by atoms with E-state index >= 15 is 0 Å². The molecule has 4 nitrogen and oxygen atoms in total. The van der Waals surface area contributed by atoms with E-state index in [1.54, 1.807) is 0 Å². The number of aryl methyl sites for hydroxylation is 2. The van der Waals surface area contributed by atoms with Gasteiger partial charge in [0.15, 0.2) is 0 Å². The zero-order valence-electron chi connectivity index (χ0n) is 15.8. The van der Waals surface area contributed by atoms with Crippen LogP contribution in [-0.2, 0) is 4.74 Å². The van der Waals surface area contributed by atoms with Crippen molar-refractivity contribution in [3.63, 3.8) is 0 Å². The van der Waals surface area contributed by atoms with Gasteiger partial charge in [-0.3, -0.25) is 0 Å². The molecular weight excluding hydrogens is 288 g/mol. The normalized spacial score (nSPS) is 13.6. The summed E-state index contributed by atoms with van der Waals surface area (Å²) in [6, 6.07) is 6.70. The number of alkyl carbamates (subject to hydrolysis) is 1. The van der Waals surface area contributed by atoms with Crippen molar-refractivity contribution in [2.75, 3.05) is 6.54 Å². The lowest BCUT2D eigenvalue weighted by Gasteiger charge is -2.30. The standard InChI is InChI=1S/C19H32N2O2/c1-13-9-10-14(2)16(11-13)15(3)20-12-19(7,8)21-17(22)23-18(4,5)6/h9-11,15,20H,12H2,1-8H3,(H,21,22). The van der Waals surface area contributed by atoms with Gasteiger partial charge >= 0.3 is 6.09 Å². The first-order chi connectivity index (χ1) is 10.4. The van der Waals surface area contributed by atoms with Gasteiger partial charge in [0.05, 0.1) is 5.54 Å². The minimum absolute atomic E-state index is 0.217. The lowest BCUT2D eigenvalue weighted by Crippen LogP contribution is -2.52. The number of hydrogen-bond acceptors (Lipinski definition) is 3. The number of hydrogen-bond donors (Lipinski definition) is 2. The molecule has 4 heteroatoms. The average Bonchev–Trinajstić information content (AvgIpc) is 2.36. The van der Waals surface area contributed by atoms with Gasteiger partial charge in [0, 0.05) is 12.6 Å². The van der Waals surface area contributed by atoms with Gasteiger partial charge in [-0.05, 0) is 66.5 Å². The first-order valence-electron chi connectivity index (χ1n) is 8.21. The molecule has 0 aliphatic rings. The van der Waals surface area contributed by atoms with Crippen LogP contribution < -0.4 is 10.6 Å². The Morgan fingerprint density at radius 1 is 1.17 bits per heavy atom. The first-order valence-corrected chi connectivity index (χ1v) is 8.21. The Morgan fingerprint density at radius 2 is 1.78 bits per heavy atom. The molecule has 0 saturated heterocycles. The van der Waals surface area contributed by atoms with E-state index in [0.717, 1.165) is 0 Å². The van der Waals surface area contributed by atoms with Crippen LogP contribution in [0.2, 0.25) is 0 Å². The lowest BCUT2D eigenvalue weighted by molar-refractivity contribution is 0.0471. The maximum Gasteiger partial charge on any atom is 0.408 e. The van der Waals surface area contributed by atoms with E-state index in [-0.39, 0.29) is 12.1 Å². The molecule has 1 rings (SSSR count). The molecule has 1 unspecified atom stereocenters. The smallest absolute Gasteiger partial charge is 0.408 e. The topological polar surface area (TPSA) is 50.4 Å². The Balaban J connectivity index is 2.61. The van der Waals surface area contributed by atoms with Crippen molar-refractivity contribution in [2.45, 2.75) is 72.6 Å². The van der Waals surface area contributed by atoms with Crippen LogP contribution in [0.25, 0.3) is 0 Å². The van der Waals surface area contributed by atoms with E-state index < -0.39 is 11.1 Å². The summed E-state index contributed by atoms with van der Waals surface area (Å²) in [4.78, 5) is 11.9. The number of amides is 1. The summed E-state index contributed by atoms with van der Waals surface area (Å²) in [5, 5.41) is 6.43. The second-order valence-corrected chi connectivity index (χ2v) is 7.97. The van der Waals surface area contributed by atoms with E-state index in [4.69, 9.17) is 4.74 Å². The second kappa shape index (κ2) is 7.35. The average molecular weight is 320 g/mol. The molecule has 0 radical (unpaired) electrons. The summed E-state index contributed by atoms with van der Waals surface area (Å²) < 4.78 is 5.32. The molecule has 2 N–H and O–H groups in total. The minimum Gasteiger partial charge on any atom is -0.444 e. The predicted octanol–water partition coefficient (Wildman–Crippen LogP) is 4.26. The quantitative estimate of drug-likeness (QED) is 0.852. The SMILES string of the molecule is Cc1ccc(C)c(C(C)NCC(C)(C)NC(=O)OC(C)(C)C)c1. The maximum atomic E-state index is 11.9. The summed E-state index contributed by atoms with van der Waals surface area (Å²) in [5.41, 5.74) is 2.94. The molecule has 0 aliphatic heterocycles. The molecule has 0 fully saturated rings. The number of nitrogens with one attached hydrogen (secondary N) is 2. The summed E-state index contributed by atoms with van der Waals surface area (Å²) in [6.45, 7) is 16.6. The van der Waals surface area contributed by atoms with Crippen LogP contribution >= 0.6 is 0 Å². The predicted molar refractivity (Wildman–Crippen MR) is 95.8 cm³/mol. The monoisotopic (exact) mass is 320 g/mol. The van der Waals surface area contributed by atoms with Crippen molar-refractivity contribution in [1.82, 2.24) is 10.6 Å². The Hall–Kier alpha value is -1.55. The summed E-state index contributed by atoms with van der Waals surface area (Å²) in [7, 11) is 0. The number of ether oxygens (including phenoxy) is 1. The molecule has 1 amide bonds. The molecule has 0 heterocycles. The molecule has 0 saturated carbocycles. The third kappa shape index (κ3) is 7.04. The van der Waals surface area contributed by atoms with E-state index in [1.807, 2.05) is 34.6 Å². The van der Waals surface area contributed by atoms with Gasteiger partial charge in [0.1, 0.15) is 5.60 Å². The molecule has 23 heavy (non-hydrogen) atoms. The van der Waals surface area contributed by atoms with E-state index in [2.05, 4.69) is 49.6 Å². The molecule has 1 aromatic rings. The largest absolute Gasteiger partial charge is 0.444 e. The van der Waals surface area contributed by atoms with Crippen molar-refractivity contribution >= 4 is 6.09 Å². The number of carbonyl (C=O) groups excluding carboxylic acids is 1. The zero-order chi connectivity index (χ0) is 17.8. The Kier molecular flexibility index (Phi) is 6.23. The number of rotatable bonds is 5. The van der Waals surface area contributed by atoms with Crippen LogP contribution in [0.3, 0.4) is 0 Å². The highest BCUT2D eigenvalue weighted by atomic mass is 16.6. The molecule has 0 aliphatic carbocycles. The van der Waals surface area contributed by atoms with Gasteiger partial charge < -0.3 is 15.4 Å². The van der Waals surface area contributed by atoms with E-state index in [0.29, 0.717) is 6.54 Å². The molecule has 0 aromatic heterocycles. The maximum absolute atomic E-state index is 11.9. The van der Waals surface area contributed by atoms with Crippen LogP contribution in [0.4, 0.5) is 4.79 Å². The highest BCUT2D eigenvalue weighted by molar-refractivity contribution is 5.68. The summed E-state index contributed by atoms with van der Waals surface area (Å²) >= 11 is 0. The van der Waals surface area contributed by atoms with Crippen molar-refractivity contribution in [3.8, 4) is 0 Å². The second-order valence-electron chi connectivity index (χ2n) is 7.97. The van der Waals surface area contributed by atoms with Gasteiger partial charge in [0.25, 0.3) is 0 Å². The molecule has 1 atom stereocenters. The Labute approximate surface area is 141 Å². The van der Waals surface area contributed by atoms with Crippen LogP contribution in [-0.4, -0.2) is 23.8 Å².